The molecule has 0 aromatic heterocycles. The summed E-state index contributed by atoms with van der Waals surface area (Å²) in [5.74, 6) is 2.90. The van der Waals surface area contributed by atoms with E-state index in [1.807, 2.05) is 24.3 Å². The second kappa shape index (κ2) is 18.9. The summed E-state index contributed by atoms with van der Waals surface area (Å²) in [5, 5.41) is 0. The molecular formula is C36H54O3. The first-order chi connectivity index (χ1) is 19.2. The van der Waals surface area contributed by atoms with E-state index in [1.54, 1.807) is 12.1 Å². The Morgan fingerprint density at radius 1 is 0.667 bits per heavy atom. The molecule has 2 unspecified atom stereocenters. The first-order valence-corrected chi connectivity index (χ1v) is 16.2. The zero-order chi connectivity index (χ0) is 27.5. The van der Waals surface area contributed by atoms with Gasteiger partial charge in [0.25, 0.3) is 0 Å². The second-order valence-electron chi connectivity index (χ2n) is 11.7. The zero-order valence-corrected chi connectivity index (χ0v) is 24.9. The highest BCUT2D eigenvalue weighted by Crippen LogP contribution is 2.36. The fourth-order valence-electron chi connectivity index (χ4n) is 6.10. The molecule has 1 fully saturated rings. The molecule has 0 aliphatic heterocycles. The van der Waals surface area contributed by atoms with Crippen LogP contribution in [0.3, 0.4) is 0 Å². The van der Waals surface area contributed by atoms with Crippen molar-refractivity contribution in [3.8, 4) is 11.5 Å². The van der Waals surface area contributed by atoms with Gasteiger partial charge in [0.05, 0.1) is 12.2 Å². The molecule has 216 valence electrons. The monoisotopic (exact) mass is 534 g/mol. The topological polar surface area (TPSA) is 35.5 Å². The Labute approximate surface area is 239 Å². The summed E-state index contributed by atoms with van der Waals surface area (Å²) in [6, 6.07) is 15.3. The maximum Gasteiger partial charge on any atom is 0.343 e. The molecule has 2 aromatic rings. The van der Waals surface area contributed by atoms with Gasteiger partial charge in [0, 0.05) is 0 Å². The van der Waals surface area contributed by atoms with Crippen molar-refractivity contribution in [2.24, 2.45) is 11.8 Å². The van der Waals surface area contributed by atoms with Gasteiger partial charge in [-0.15, -0.1) is 0 Å². The fourth-order valence-corrected chi connectivity index (χ4v) is 6.10. The SMILES string of the molecule is CCCCCCCc1ccc(OC(=O)c2ccc(OCCCC3CCCCC3CCCCCCC)cc2)cc1. The van der Waals surface area contributed by atoms with Gasteiger partial charge in [0.2, 0.25) is 0 Å². The number of benzene rings is 2. The van der Waals surface area contributed by atoms with Crippen LogP contribution in [0.15, 0.2) is 48.5 Å². The van der Waals surface area contributed by atoms with Gasteiger partial charge in [-0.05, 0) is 79.5 Å². The van der Waals surface area contributed by atoms with Crippen LogP contribution in [0, 0.1) is 11.8 Å². The molecule has 0 saturated heterocycles. The summed E-state index contributed by atoms with van der Waals surface area (Å²) in [6.07, 6.45) is 23.9. The van der Waals surface area contributed by atoms with E-state index in [0.29, 0.717) is 11.3 Å². The average molecular weight is 535 g/mol. The Hall–Kier alpha value is -2.29. The van der Waals surface area contributed by atoms with Crippen LogP contribution in [0.1, 0.15) is 139 Å². The summed E-state index contributed by atoms with van der Waals surface area (Å²) in [7, 11) is 0. The average Bonchev–Trinajstić information content (AvgIpc) is 2.97. The number of carbonyl (C=O) groups excluding carboxylic acids is 1. The maximum atomic E-state index is 12.6. The minimum atomic E-state index is -0.327. The summed E-state index contributed by atoms with van der Waals surface area (Å²) in [5.41, 5.74) is 1.85. The summed E-state index contributed by atoms with van der Waals surface area (Å²) < 4.78 is 11.6. The van der Waals surface area contributed by atoms with E-state index >= 15 is 0 Å². The Kier molecular flexibility index (Phi) is 15.1. The van der Waals surface area contributed by atoms with Gasteiger partial charge >= 0.3 is 5.97 Å². The van der Waals surface area contributed by atoms with E-state index in [0.717, 1.165) is 37.0 Å². The van der Waals surface area contributed by atoms with Crippen molar-refractivity contribution in [1.29, 1.82) is 0 Å². The highest BCUT2D eigenvalue weighted by molar-refractivity contribution is 5.91. The minimum Gasteiger partial charge on any atom is -0.494 e. The van der Waals surface area contributed by atoms with E-state index in [4.69, 9.17) is 9.47 Å². The van der Waals surface area contributed by atoms with Gasteiger partial charge in [-0.1, -0.05) is 116 Å². The molecule has 3 nitrogen and oxygen atoms in total. The fraction of sp³-hybridized carbons (Fsp3) is 0.639. The molecule has 0 bridgehead atoms. The minimum absolute atomic E-state index is 0.327. The molecule has 0 N–H and O–H groups in total. The lowest BCUT2D eigenvalue weighted by atomic mass is 9.74. The largest absolute Gasteiger partial charge is 0.494 e. The highest BCUT2D eigenvalue weighted by atomic mass is 16.5. The molecular weight excluding hydrogens is 480 g/mol. The van der Waals surface area contributed by atoms with Crippen molar-refractivity contribution in [2.45, 2.75) is 129 Å². The third-order valence-corrected chi connectivity index (χ3v) is 8.53. The predicted molar refractivity (Wildman–Crippen MR) is 164 cm³/mol. The van der Waals surface area contributed by atoms with E-state index in [1.165, 1.54) is 108 Å². The number of ether oxygens (including phenoxy) is 2. The molecule has 0 spiro atoms. The quantitative estimate of drug-likeness (QED) is 0.102. The van der Waals surface area contributed by atoms with Crippen molar-refractivity contribution >= 4 is 5.97 Å². The molecule has 1 saturated carbocycles. The van der Waals surface area contributed by atoms with Crippen LogP contribution in [0.2, 0.25) is 0 Å². The lowest BCUT2D eigenvalue weighted by Gasteiger charge is -2.31. The van der Waals surface area contributed by atoms with Gasteiger partial charge in [0.1, 0.15) is 11.5 Å². The third-order valence-electron chi connectivity index (χ3n) is 8.53. The Morgan fingerprint density at radius 2 is 1.23 bits per heavy atom. The van der Waals surface area contributed by atoms with Crippen LogP contribution in [0.4, 0.5) is 0 Å². The highest BCUT2D eigenvalue weighted by Gasteiger charge is 2.24. The predicted octanol–water partition coefficient (Wildman–Crippen LogP) is 10.7. The standard InChI is InChI=1S/C36H54O3/c1-3-5-7-9-11-16-30-21-25-35(26-22-30)39-36(37)33-23-27-34(28-24-33)38-29-15-20-32-19-14-13-18-31(32)17-12-10-8-6-4-2/h21-28,31-32H,3-20,29H2,1-2H3. The van der Waals surface area contributed by atoms with Crippen molar-refractivity contribution in [2.75, 3.05) is 6.61 Å². The van der Waals surface area contributed by atoms with Crippen LogP contribution >= 0.6 is 0 Å². The molecule has 1 aliphatic carbocycles. The van der Waals surface area contributed by atoms with Crippen LogP contribution in [-0.2, 0) is 6.42 Å². The van der Waals surface area contributed by atoms with Gasteiger partial charge in [-0.3, -0.25) is 0 Å². The number of esters is 1. The second-order valence-corrected chi connectivity index (χ2v) is 11.7. The lowest BCUT2D eigenvalue weighted by Crippen LogP contribution is -2.20. The normalized spacial score (nSPS) is 17.2. The number of hydrogen-bond acceptors (Lipinski definition) is 3. The van der Waals surface area contributed by atoms with Gasteiger partial charge < -0.3 is 9.47 Å². The summed E-state index contributed by atoms with van der Waals surface area (Å²) in [6.45, 7) is 5.28. The van der Waals surface area contributed by atoms with E-state index in [9.17, 15) is 4.79 Å². The van der Waals surface area contributed by atoms with Gasteiger partial charge in [-0.25, -0.2) is 4.79 Å². The number of unbranched alkanes of at least 4 members (excludes halogenated alkanes) is 8. The van der Waals surface area contributed by atoms with Crippen LogP contribution in [0.5, 0.6) is 11.5 Å². The van der Waals surface area contributed by atoms with Crippen LogP contribution in [-0.4, -0.2) is 12.6 Å². The molecule has 39 heavy (non-hydrogen) atoms. The molecule has 3 rings (SSSR count). The molecule has 0 radical (unpaired) electrons. The Balaban J connectivity index is 1.34. The summed E-state index contributed by atoms with van der Waals surface area (Å²) >= 11 is 0. The van der Waals surface area contributed by atoms with Crippen molar-refractivity contribution < 1.29 is 14.3 Å². The molecule has 2 aromatic carbocycles. The van der Waals surface area contributed by atoms with Crippen molar-refractivity contribution in [3.05, 3.63) is 59.7 Å². The van der Waals surface area contributed by atoms with Crippen molar-refractivity contribution in [3.63, 3.8) is 0 Å². The first kappa shape index (κ1) is 31.2. The maximum absolute atomic E-state index is 12.6. The molecule has 0 heterocycles. The molecule has 1 aliphatic rings. The van der Waals surface area contributed by atoms with E-state index in [2.05, 4.69) is 26.0 Å². The third kappa shape index (κ3) is 12.2. The number of rotatable bonds is 19. The smallest absolute Gasteiger partial charge is 0.343 e. The zero-order valence-electron chi connectivity index (χ0n) is 24.9. The Bertz CT molecular complexity index is 902. The van der Waals surface area contributed by atoms with Gasteiger partial charge in [-0.2, -0.15) is 0 Å². The Morgan fingerprint density at radius 3 is 1.87 bits per heavy atom. The number of carbonyl (C=O) groups is 1. The molecule has 3 heteroatoms. The number of hydrogen-bond donors (Lipinski definition) is 0. The van der Waals surface area contributed by atoms with Crippen LogP contribution in [0.25, 0.3) is 0 Å². The van der Waals surface area contributed by atoms with E-state index < -0.39 is 0 Å². The van der Waals surface area contributed by atoms with Crippen molar-refractivity contribution in [1.82, 2.24) is 0 Å². The summed E-state index contributed by atoms with van der Waals surface area (Å²) in [4.78, 5) is 12.6. The molecule has 0 amide bonds. The van der Waals surface area contributed by atoms with Gasteiger partial charge in [0.15, 0.2) is 0 Å². The van der Waals surface area contributed by atoms with Crippen LogP contribution < -0.4 is 9.47 Å². The van der Waals surface area contributed by atoms with E-state index in [-0.39, 0.29) is 5.97 Å². The first-order valence-electron chi connectivity index (χ1n) is 16.2. The lowest BCUT2D eigenvalue weighted by molar-refractivity contribution is 0.0734. The number of aryl methyl sites for hydroxylation is 1. The molecule has 2 atom stereocenters.